The third kappa shape index (κ3) is 3.30. The minimum atomic E-state index is -0.490. The molecule has 1 fully saturated rings. The lowest BCUT2D eigenvalue weighted by molar-refractivity contribution is -0.125. The summed E-state index contributed by atoms with van der Waals surface area (Å²) in [5.74, 6) is 0.914. The maximum atomic E-state index is 13.5. The Labute approximate surface area is 181 Å². The normalized spacial score (nSPS) is 23.5. The van der Waals surface area contributed by atoms with Crippen molar-refractivity contribution in [3.05, 3.63) is 48.0 Å². The number of carbonyl (C=O) groups is 2. The van der Waals surface area contributed by atoms with E-state index in [-0.39, 0.29) is 23.9 Å². The van der Waals surface area contributed by atoms with Gasteiger partial charge in [0, 0.05) is 18.6 Å². The first-order valence-electron chi connectivity index (χ1n) is 10.8. The number of anilines is 1. The van der Waals surface area contributed by atoms with Gasteiger partial charge in [-0.3, -0.25) is 14.6 Å². The molecule has 6 heteroatoms. The number of amides is 1. The van der Waals surface area contributed by atoms with Crippen LogP contribution in [-0.4, -0.2) is 24.2 Å². The Kier molecular flexibility index (Phi) is 4.61. The van der Waals surface area contributed by atoms with Gasteiger partial charge in [0.15, 0.2) is 11.5 Å². The van der Waals surface area contributed by atoms with Gasteiger partial charge < -0.3 is 14.4 Å². The molecule has 2 aromatic rings. The summed E-state index contributed by atoms with van der Waals surface area (Å²) in [6, 6.07) is 12.9. The van der Waals surface area contributed by atoms with Crippen LogP contribution < -0.4 is 14.4 Å². The van der Waals surface area contributed by atoms with E-state index in [1.54, 1.807) is 4.90 Å². The Balaban J connectivity index is 1.75. The van der Waals surface area contributed by atoms with E-state index < -0.39 is 12.0 Å². The van der Waals surface area contributed by atoms with Crippen LogP contribution in [0, 0.1) is 11.3 Å². The van der Waals surface area contributed by atoms with E-state index >= 15 is 0 Å². The van der Waals surface area contributed by atoms with Gasteiger partial charge in [0.25, 0.3) is 0 Å². The van der Waals surface area contributed by atoms with Crippen molar-refractivity contribution in [1.29, 1.82) is 0 Å². The number of Topliss-reactive ketones (excluding diaryl/α,β-unsaturated/α-hetero) is 1. The van der Waals surface area contributed by atoms with E-state index in [0.29, 0.717) is 30.8 Å². The second-order valence-corrected chi connectivity index (χ2v) is 9.23. The van der Waals surface area contributed by atoms with Crippen molar-refractivity contribution in [3.63, 3.8) is 0 Å². The molecule has 2 aliphatic heterocycles. The quantitative estimate of drug-likeness (QED) is 0.689. The van der Waals surface area contributed by atoms with E-state index in [0.717, 1.165) is 22.6 Å². The molecule has 0 radical (unpaired) electrons. The number of nitrogens with zero attached hydrogens (tertiary/aromatic N) is 2. The van der Waals surface area contributed by atoms with Crippen molar-refractivity contribution in [2.75, 3.05) is 11.7 Å². The standard InChI is InChI=1S/C25H26N2O4/c1-4-22(29)27-18-8-6-5-7-16(18)26-17-12-25(2,3)13-19(28)23(17)24(27)15-9-10-20-21(11-15)31-14-30-20/h5-11,23-24H,4,12-14H2,1-3H3. The van der Waals surface area contributed by atoms with Crippen LogP contribution in [-0.2, 0) is 9.59 Å². The molecule has 2 aromatic carbocycles. The molecule has 0 spiro atoms. The lowest BCUT2D eigenvalue weighted by Crippen LogP contribution is -2.47. The van der Waals surface area contributed by atoms with Crippen molar-refractivity contribution < 1.29 is 19.1 Å². The van der Waals surface area contributed by atoms with Crippen LogP contribution in [0.3, 0.4) is 0 Å². The highest BCUT2D eigenvalue weighted by atomic mass is 16.7. The highest BCUT2D eigenvalue weighted by Crippen LogP contribution is 2.49. The minimum Gasteiger partial charge on any atom is -0.454 e. The smallest absolute Gasteiger partial charge is 0.231 e. The molecular weight excluding hydrogens is 392 g/mol. The summed E-state index contributed by atoms with van der Waals surface area (Å²) in [5, 5.41) is 0. The number of aliphatic imine (C=N–C) groups is 1. The maximum Gasteiger partial charge on any atom is 0.231 e. The Morgan fingerprint density at radius 3 is 2.71 bits per heavy atom. The molecule has 0 aromatic heterocycles. The summed E-state index contributed by atoms with van der Waals surface area (Å²) in [7, 11) is 0. The molecular formula is C25H26N2O4. The SMILES string of the molecule is CCC(=O)N1c2ccccc2N=C2CC(C)(C)CC(=O)C2C1c1ccc2c(c1)OCO2. The predicted octanol–water partition coefficient (Wildman–Crippen LogP) is 4.99. The Hall–Kier alpha value is -3.15. The first kappa shape index (κ1) is 19.8. The Morgan fingerprint density at radius 2 is 1.90 bits per heavy atom. The number of rotatable bonds is 2. The zero-order chi connectivity index (χ0) is 21.8. The van der Waals surface area contributed by atoms with Crippen LogP contribution in [0.15, 0.2) is 47.5 Å². The van der Waals surface area contributed by atoms with E-state index in [4.69, 9.17) is 14.5 Å². The van der Waals surface area contributed by atoms with Crippen LogP contribution in [0.25, 0.3) is 0 Å². The second kappa shape index (κ2) is 7.22. The topological polar surface area (TPSA) is 68.2 Å². The summed E-state index contributed by atoms with van der Waals surface area (Å²) in [4.78, 5) is 33.6. The molecule has 1 amide bonds. The summed E-state index contributed by atoms with van der Waals surface area (Å²) in [6.45, 7) is 6.23. The van der Waals surface area contributed by atoms with Crippen LogP contribution in [0.2, 0.25) is 0 Å². The molecule has 2 atom stereocenters. The van der Waals surface area contributed by atoms with E-state index in [9.17, 15) is 9.59 Å². The molecule has 5 rings (SSSR count). The molecule has 1 aliphatic carbocycles. The molecule has 160 valence electrons. The van der Waals surface area contributed by atoms with Gasteiger partial charge in [-0.2, -0.15) is 0 Å². The molecule has 2 heterocycles. The summed E-state index contributed by atoms with van der Waals surface area (Å²) in [6.07, 6.45) is 1.51. The number of fused-ring (bicyclic) bond motifs is 3. The molecule has 6 nitrogen and oxygen atoms in total. The van der Waals surface area contributed by atoms with Gasteiger partial charge >= 0.3 is 0 Å². The van der Waals surface area contributed by atoms with Gasteiger partial charge in [0.1, 0.15) is 5.78 Å². The molecule has 0 saturated heterocycles. The van der Waals surface area contributed by atoms with Crippen molar-refractivity contribution in [2.24, 2.45) is 16.3 Å². The molecule has 31 heavy (non-hydrogen) atoms. The largest absolute Gasteiger partial charge is 0.454 e. The minimum absolute atomic E-state index is 0.0378. The van der Waals surface area contributed by atoms with E-state index in [1.807, 2.05) is 49.4 Å². The van der Waals surface area contributed by atoms with Crippen LogP contribution in [0.4, 0.5) is 11.4 Å². The number of hydrogen-bond acceptors (Lipinski definition) is 5. The van der Waals surface area contributed by atoms with Gasteiger partial charge in [-0.15, -0.1) is 0 Å². The summed E-state index contributed by atoms with van der Waals surface area (Å²) >= 11 is 0. The molecule has 0 N–H and O–H groups in total. The molecule has 2 unspecified atom stereocenters. The first-order valence-corrected chi connectivity index (χ1v) is 10.8. The predicted molar refractivity (Wildman–Crippen MR) is 118 cm³/mol. The highest BCUT2D eigenvalue weighted by molar-refractivity contribution is 6.13. The van der Waals surface area contributed by atoms with Gasteiger partial charge in [0.05, 0.1) is 23.3 Å². The number of para-hydroxylation sites is 2. The lowest BCUT2D eigenvalue weighted by atomic mass is 9.68. The van der Waals surface area contributed by atoms with Crippen molar-refractivity contribution in [3.8, 4) is 11.5 Å². The zero-order valence-corrected chi connectivity index (χ0v) is 18.1. The Bertz CT molecular complexity index is 1100. The third-order valence-electron chi connectivity index (χ3n) is 6.33. The third-order valence-corrected chi connectivity index (χ3v) is 6.33. The van der Waals surface area contributed by atoms with Crippen LogP contribution >= 0.6 is 0 Å². The van der Waals surface area contributed by atoms with Crippen molar-refractivity contribution in [2.45, 2.75) is 46.1 Å². The van der Waals surface area contributed by atoms with Crippen molar-refractivity contribution in [1.82, 2.24) is 0 Å². The highest BCUT2D eigenvalue weighted by Gasteiger charge is 2.47. The first-order chi connectivity index (χ1) is 14.9. The van der Waals surface area contributed by atoms with E-state index in [1.165, 1.54) is 0 Å². The van der Waals surface area contributed by atoms with Crippen molar-refractivity contribution >= 4 is 28.8 Å². The molecule has 1 saturated carbocycles. The van der Waals surface area contributed by atoms with Gasteiger partial charge in [-0.25, -0.2) is 0 Å². The van der Waals surface area contributed by atoms with Gasteiger partial charge in [0.2, 0.25) is 12.7 Å². The fourth-order valence-electron chi connectivity index (χ4n) is 5.01. The Morgan fingerprint density at radius 1 is 1.13 bits per heavy atom. The fourth-order valence-corrected chi connectivity index (χ4v) is 5.01. The maximum absolute atomic E-state index is 13.5. The van der Waals surface area contributed by atoms with Crippen LogP contribution in [0.5, 0.6) is 11.5 Å². The lowest BCUT2D eigenvalue weighted by Gasteiger charge is -2.41. The zero-order valence-electron chi connectivity index (χ0n) is 18.1. The number of ketones is 1. The monoisotopic (exact) mass is 418 g/mol. The van der Waals surface area contributed by atoms with E-state index in [2.05, 4.69) is 13.8 Å². The average molecular weight is 418 g/mol. The number of ether oxygens (including phenoxy) is 2. The average Bonchev–Trinajstić information content (AvgIpc) is 3.14. The van der Waals surface area contributed by atoms with Crippen LogP contribution in [0.1, 0.15) is 51.6 Å². The number of benzene rings is 2. The number of hydrogen-bond donors (Lipinski definition) is 0. The summed E-state index contributed by atoms with van der Waals surface area (Å²) in [5.41, 5.74) is 3.02. The summed E-state index contributed by atoms with van der Waals surface area (Å²) < 4.78 is 11.1. The molecule has 0 bridgehead atoms. The van der Waals surface area contributed by atoms with Gasteiger partial charge in [-0.05, 0) is 41.7 Å². The fraction of sp³-hybridized carbons (Fsp3) is 0.400. The number of carbonyl (C=O) groups excluding carboxylic acids is 2. The second-order valence-electron chi connectivity index (χ2n) is 9.23. The van der Waals surface area contributed by atoms with Gasteiger partial charge in [-0.1, -0.05) is 39.0 Å². The molecule has 3 aliphatic rings.